The molecule has 1 aromatic heterocycles. The monoisotopic (exact) mass is 581 g/mol. The quantitative estimate of drug-likeness (QED) is 0.278. The van der Waals surface area contributed by atoms with E-state index in [0.29, 0.717) is 49.4 Å². The van der Waals surface area contributed by atoms with Crippen molar-refractivity contribution in [1.82, 2.24) is 15.0 Å². The van der Waals surface area contributed by atoms with E-state index in [1.807, 2.05) is 6.92 Å². The molecule has 0 radical (unpaired) electrons. The van der Waals surface area contributed by atoms with Crippen LogP contribution in [0.1, 0.15) is 48.0 Å². The average Bonchev–Trinajstić information content (AvgIpc) is 2.92. The average molecular weight is 582 g/mol. The van der Waals surface area contributed by atoms with Crippen LogP contribution in [0.15, 0.2) is 65.7 Å². The normalized spacial score (nSPS) is 12.4. The largest absolute Gasteiger partial charge is 0.492 e. The number of alkyl halides is 3. The number of rotatable bonds is 13. The number of aromatic nitrogens is 1. The Hall–Kier alpha value is -3.84. The molecule has 1 atom stereocenters. The summed E-state index contributed by atoms with van der Waals surface area (Å²) in [5, 5.41) is 2.90. The smallest absolute Gasteiger partial charge is 0.419 e. The number of halogens is 3. The molecule has 0 aliphatic carbocycles. The fourth-order valence-corrected chi connectivity index (χ4v) is 4.54. The van der Waals surface area contributed by atoms with Crippen molar-refractivity contribution in [2.45, 2.75) is 37.4 Å². The number of benzene rings is 2. The van der Waals surface area contributed by atoms with Gasteiger partial charge in [0.15, 0.2) is 0 Å². The van der Waals surface area contributed by atoms with E-state index in [1.165, 1.54) is 30.5 Å². The molecule has 13 heteroatoms. The molecular formula is C27H30F3N3O6S. The molecule has 0 bridgehead atoms. The first-order chi connectivity index (χ1) is 19.0. The number of carbonyl (C=O) groups is 1. The van der Waals surface area contributed by atoms with Gasteiger partial charge in [-0.25, -0.2) is 13.1 Å². The molecule has 0 saturated carbocycles. The van der Waals surface area contributed by atoms with Gasteiger partial charge in [0.25, 0.3) is 15.9 Å². The molecule has 3 aromatic rings. The van der Waals surface area contributed by atoms with E-state index in [1.54, 1.807) is 30.8 Å². The fraction of sp³-hybridized carbons (Fsp3) is 0.333. The van der Waals surface area contributed by atoms with Crippen LogP contribution >= 0.6 is 0 Å². The number of ether oxygens (including phenoxy) is 3. The highest BCUT2D eigenvalue weighted by Crippen LogP contribution is 2.39. The van der Waals surface area contributed by atoms with Crippen LogP contribution in [0.25, 0.3) is 0 Å². The van der Waals surface area contributed by atoms with Crippen molar-refractivity contribution < 1.29 is 40.6 Å². The van der Waals surface area contributed by atoms with Crippen molar-refractivity contribution in [3.8, 4) is 17.2 Å². The number of hydrogen-bond donors (Lipinski definition) is 2. The first-order valence-electron chi connectivity index (χ1n) is 12.4. The van der Waals surface area contributed by atoms with Gasteiger partial charge in [-0.1, -0.05) is 6.92 Å². The molecule has 2 aromatic carbocycles. The van der Waals surface area contributed by atoms with E-state index in [2.05, 4.69) is 10.3 Å². The molecular weight excluding hydrogens is 551 g/mol. The summed E-state index contributed by atoms with van der Waals surface area (Å²) in [6, 6.07) is 11.1. The minimum absolute atomic E-state index is 0.258. The van der Waals surface area contributed by atoms with Gasteiger partial charge in [-0.3, -0.25) is 9.78 Å². The fourth-order valence-electron chi connectivity index (χ4n) is 3.56. The molecule has 1 amide bonds. The van der Waals surface area contributed by atoms with Gasteiger partial charge < -0.3 is 19.5 Å². The number of nitrogens with one attached hydrogen (secondary N) is 2. The highest BCUT2D eigenvalue weighted by atomic mass is 32.2. The third kappa shape index (κ3) is 8.09. The summed E-state index contributed by atoms with van der Waals surface area (Å²) in [4.78, 5) is 16.7. The van der Waals surface area contributed by atoms with Crippen LogP contribution in [0.3, 0.4) is 0 Å². The molecule has 1 heterocycles. The van der Waals surface area contributed by atoms with Gasteiger partial charge in [0.1, 0.15) is 30.0 Å². The molecule has 3 rings (SSSR count). The van der Waals surface area contributed by atoms with Gasteiger partial charge in [0.05, 0.1) is 29.0 Å². The zero-order chi connectivity index (χ0) is 29.3. The van der Waals surface area contributed by atoms with Crippen molar-refractivity contribution in [3.63, 3.8) is 0 Å². The third-order valence-electron chi connectivity index (χ3n) is 5.57. The predicted molar refractivity (Wildman–Crippen MR) is 141 cm³/mol. The maximum Gasteiger partial charge on any atom is 0.419 e. The van der Waals surface area contributed by atoms with Crippen LogP contribution in [0.4, 0.5) is 13.2 Å². The van der Waals surface area contributed by atoms with Crippen LogP contribution in [0.5, 0.6) is 17.2 Å². The molecule has 0 aliphatic rings. The third-order valence-corrected chi connectivity index (χ3v) is 6.92. The van der Waals surface area contributed by atoms with Crippen molar-refractivity contribution >= 4 is 15.9 Å². The summed E-state index contributed by atoms with van der Waals surface area (Å²) in [6.45, 7) is 4.91. The molecule has 2 N–H and O–H groups in total. The first kappa shape index (κ1) is 30.7. The van der Waals surface area contributed by atoms with Gasteiger partial charge in [-0.15, -0.1) is 0 Å². The summed E-state index contributed by atoms with van der Waals surface area (Å²) in [6.07, 6.45) is -3.95. The lowest BCUT2D eigenvalue weighted by molar-refractivity contribution is -0.139. The zero-order valence-corrected chi connectivity index (χ0v) is 22.9. The molecule has 0 spiro atoms. The number of nitrogens with zero attached hydrogens (tertiary/aromatic N) is 1. The Morgan fingerprint density at radius 1 is 1.00 bits per heavy atom. The lowest BCUT2D eigenvalue weighted by Crippen LogP contribution is -2.30. The number of amides is 1. The van der Waals surface area contributed by atoms with Crippen molar-refractivity contribution in [1.29, 1.82) is 0 Å². The number of sulfonamides is 1. The van der Waals surface area contributed by atoms with E-state index in [0.717, 1.165) is 12.1 Å². The molecule has 1 unspecified atom stereocenters. The standard InChI is InChI=1S/C27H30F3N3O6S/c1-4-24(23-12-9-20(17-32-23)37-5-2)39-25-13-6-18(16-22(25)27(28,29)30)26(34)33-40(35,36)21-10-7-19(8-11-21)38-15-14-31-3/h6-13,16-17,24,31H,4-5,14-15H2,1-3H3,(H,33,34). The Labute approximate surface area is 230 Å². The van der Waals surface area contributed by atoms with Crippen molar-refractivity contribution in [2.24, 2.45) is 0 Å². The lowest BCUT2D eigenvalue weighted by Gasteiger charge is -2.21. The Kier molecular flexibility index (Phi) is 10.3. The summed E-state index contributed by atoms with van der Waals surface area (Å²) in [5.41, 5.74) is -1.35. The van der Waals surface area contributed by atoms with Gasteiger partial charge >= 0.3 is 6.18 Å². The van der Waals surface area contributed by atoms with Crippen LogP contribution in [-0.2, 0) is 16.2 Å². The van der Waals surface area contributed by atoms with E-state index in [-0.39, 0.29) is 4.90 Å². The van der Waals surface area contributed by atoms with E-state index < -0.39 is 45.1 Å². The van der Waals surface area contributed by atoms with Crippen LogP contribution in [0, 0.1) is 0 Å². The highest BCUT2D eigenvalue weighted by molar-refractivity contribution is 7.90. The highest BCUT2D eigenvalue weighted by Gasteiger charge is 2.36. The Morgan fingerprint density at radius 2 is 1.70 bits per heavy atom. The minimum atomic E-state index is -4.89. The van der Waals surface area contributed by atoms with E-state index in [9.17, 15) is 26.4 Å². The summed E-state index contributed by atoms with van der Waals surface area (Å²) in [7, 11) is -2.62. The topological polar surface area (TPSA) is 116 Å². The molecule has 40 heavy (non-hydrogen) atoms. The number of pyridine rings is 1. The van der Waals surface area contributed by atoms with Gasteiger partial charge in [0.2, 0.25) is 0 Å². The number of likely N-dealkylation sites (N-methyl/N-ethyl adjacent to an activating group) is 1. The van der Waals surface area contributed by atoms with E-state index >= 15 is 0 Å². The van der Waals surface area contributed by atoms with Gasteiger partial charge in [-0.2, -0.15) is 13.2 Å². The maximum absolute atomic E-state index is 14.0. The van der Waals surface area contributed by atoms with Crippen LogP contribution in [-0.4, -0.2) is 46.1 Å². The maximum atomic E-state index is 14.0. The Morgan fingerprint density at radius 3 is 2.27 bits per heavy atom. The molecule has 216 valence electrons. The predicted octanol–water partition coefficient (Wildman–Crippen LogP) is 4.75. The minimum Gasteiger partial charge on any atom is -0.492 e. The van der Waals surface area contributed by atoms with Crippen molar-refractivity contribution in [3.05, 3.63) is 77.6 Å². The summed E-state index contributed by atoms with van der Waals surface area (Å²) >= 11 is 0. The number of hydrogen-bond acceptors (Lipinski definition) is 8. The second kappa shape index (κ2) is 13.5. The Bertz CT molecular complexity index is 1380. The van der Waals surface area contributed by atoms with Crippen LogP contribution in [0.2, 0.25) is 0 Å². The lowest BCUT2D eigenvalue weighted by atomic mass is 10.1. The second-order valence-electron chi connectivity index (χ2n) is 8.43. The molecule has 9 nitrogen and oxygen atoms in total. The van der Waals surface area contributed by atoms with Gasteiger partial charge in [0, 0.05) is 12.1 Å². The van der Waals surface area contributed by atoms with Crippen molar-refractivity contribution in [2.75, 3.05) is 26.8 Å². The summed E-state index contributed by atoms with van der Waals surface area (Å²) in [5.74, 6) is -0.831. The summed E-state index contributed by atoms with van der Waals surface area (Å²) < 4.78 is 85.5. The zero-order valence-electron chi connectivity index (χ0n) is 22.1. The van der Waals surface area contributed by atoms with Crippen LogP contribution < -0.4 is 24.2 Å². The van der Waals surface area contributed by atoms with Gasteiger partial charge in [-0.05, 0) is 75.0 Å². The molecule has 0 fully saturated rings. The number of carbonyl (C=O) groups excluding carboxylic acids is 1. The Balaban J connectivity index is 1.80. The molecule has 0 aliphatic heterocycles. The SMILES string of the molecule is CCOc1ccc(C(CC)Oc2ccc(C(=O)NS(=O)(=O)c3ccc(OCCNC)cc3)cc2C(F)(F)F)nc1. The first-order valence-corrected chi connectivity index (χ1v) is 13.9. The second-order valence-corrected chi connectivity index (χ2v) is 10.1. The molecule has 0 saturated heterocycles. The van der Waals surface area contributed by atoms with E-state index in [4.69, 9.17) is 14.2 Å².